The van der Waals surface area contributed by atoms with E-state index >= 15 is 0 Å². The van der Waals surface area contributed by atoms with Crippen LogP contribution >= 0.6 is 0 Å². The molecule has 0 atom stereocenters. The lowest BCUT2D eigenvalue weighted by atomic mass is 10.1. The molecule has 0 radical (unpaired) electrons. The molecule has 0 aliphatic carbocycles. The minimum atomic E-state index is -0.535. The number of nitrogens with two attached hydrogens (primary N) is 1. The van der Waals surface area contributed by atoms with E-state index in [1.807, 2.05) is 19.1 Å². The van der Waals surface area contributed by atoms with E-state index in [2.05, 4.69) is 5.32 Å². The van der Waals surface area contributed by atoms with Crippen molar-refractivity contribution in [2.75, 3.05) is 5.32 Å². The molecule has 0 saturated carbocycles. The number of amides is 1. The standard InChI is InChI=1S/C15H15FN2O/c1-10-6-7-11(9-17)8-14(10)18-15(19)12-4-2-3-5-13(12)16/h2-8H,9,17H2,1H3,(H,18,19). The number of hydrogen-bond acceptors (Lipinski definition) is 2. The van der Waals surface area contributed by atoms with Crippen molar-refractivity contribution in [1.29, 1.82) is 0 Å². The van der Waals surface area contributed by atoms with Gasteiger partial charge in [-0.25, -0.2) is 4.39 Å². The molecule has 0 bridgehead atoms. The first kappa shape index (κ1) is 13.2. The predicted octanol–water partition coefficient (Wildman–Crippen LogP) is 2.85. The van der Waals surface area contributed by atoms with Gasteiger partial charge in [0.2, 0.25) is 0 Å². The van der Waals surface area contributed by atoms with Crippen LogP contribution in [-0.4, -0.2) is 5.91 Å². The Morgan fingerprint density at radius 3 is 2.68 bits per heavy atom. The number of anilines is 1. The quantitative estimate of drug-likeness (QED) is 0.889. The number of aryl methyl sites for hydroxylation is 1. The van der Waals surface area contributed by atoms with Crippen LogP contribution < -0.4 is 11.1 Å². The van der Waals surface area contributed by atoms with Gasteiger partial charge in [-0.3, -0.25) is 4.79 Å². The molecule has 19 heavy (non-hydrogen) atoms. The number of hydrogen-bond donors (Lipinski definition) is 2. The summed E-state index contributed by atoms with van der Waals surface area (Å²) in [5.74, 6) is -0.997. The Morgan fingerprint density at radius 1 is 1.26 bits per heavy atom. The number of carbonyl (C=O) groups excluding carboxylic acids is 1. The second-order valence-corrected chi connectivity index (χ2v) is 4.29. The largest absolute Gasteiger partial charge is 0.326 e. The predicted molar refractivity (Wildman–Crippen MR) is 73.4 cm³/mol. The highest BCUT2D eigenvalue weighted by molar-refractivity contribution is 6.04. The molecule has 0 aromatic heterocycles. The van der Waals surface area contributed by atoms with E-state index in [1.54, 1.807) is 18.2 Å². The van der Waals surface area contributed by atoms with Crippen LogP contribution in [0.5, 0.6) is 0 Å². The monoisotopic (exact) mass is 258 g/mol. The molecule has 3 nitrogen and oxygen atoms in total. The average Bonchev–Trinajstić information content (AvgIpc) is 2.41. The minimum Gasteiger partial charge on any atom is -0.326 e. The van der Waals surface area contributed by atoms with Crippen LogP contribution in [-0.2, 0) is 6.54 Å². The van der Waals surface area contributed by atoms with Crippen LogP contribution in [0.3, 0.4) is 0 Å². The number of rotatable bonds is 3. The summed E-state index contributed by atoms with van der Waals surface area (Å²) in [5.41, 5.74) is 8.06. The van der Waals surface area contributed by atoms with Gasteiger partial charge in [-0.05, 0) is 36.2 Å². The summed E-state index contributed by atoms with van der Waals surface area (Å²) in [6.07, 6.45) is 0. The molecule has 1 amide bonds. The van der Waals surface area contributed by atoms with Crippen LogP contribution in [0.4, 0.5) is 10.1 Å². The highest BCUT2D eigenvalue weighted by Crippen LogP contribution is 2.18. The fourth-order valence-electron chi connectivity index (χ4n) is 1.77. The molecule has 98 valence electrons. The molecular weight excluding hydrogens is 243 g/mol. The number of carbonyl (C=O) groups is 1. The second-order valence-electron chi connectivity index (χ2n) is 4.29. The third-order valence-corrected chi connectivity index (χ3v) is 2.90. The maximum Gasteiger partial charge on any atom is 0.258 e. The Labute approximate surface area is 111 Å². The van der Waals surface area contributed by atoms with Crippen molar-refractivity contribution < 1.29 is 9.18 Å². The topological polar surface area (TPSA) is 55.1 Å². The lowest BCUT2D eigenvalue weighted by Crippen LogP contribution is -2.14. The molecule has 0 spiro atoms. The second kappa shape index (κ2) is 5.63. The van der Waals surface area contributed by atoms with Gasteiger partial charge in [-0.1, -0.05) is 24.3 Å². The van der Waals surface area contributed by atoms with Crippen LogP contribution in [0.15, 0.2) is 42.5 Å². The van der Waals surface area contributed by atoms with E-state index < -0.39 is 11.7 Å². The van der Waals surface area contributed by atoms with Crippen molar-refractivity contribution in [2.45, 2.75) is 13.5 Å². The minimum absolute atomic E-state index is 0.0278. The molecule has 2 aromatic rings. The summed E-state index contributed by atoms with van der Waals surface area (Å²) in [6.45, 7) is 2.26. The maximum atomic E-state index is 13.5. The van der Waals surface area contributed by atoms with E-state index in [-0.39, 0.29) is 5.56 Å². The summed E-state index contributed by atoms with van der Waals surface area (Å²) in [6, 6.07) is 11.5. The van der Waals surface area contributed by atoms with Gasteiger partial charge in [0.15, 0.2) is 0 Å². The lowest BCUT2D eigenvalue weighted by molar-refractivity contribution is 0.102. The fraction of sp³-hybridized carbons (Fsp3) is 0.133. The summed E-state index contributed by atoms with van der Waals surface area (Å²) in [4.78, 5) is 12.0. The zero-order valence-electron chi connectivity index (χ0n) is 10.6. The maximum absolute atomic E-state index is 13.5. The molecule has 2 rings (SSSR count). The molecular formula is C15H15FN2O. The molecule has 0 fully saturated rings. The van der Waals surface area contributed by atoms with Crippen molar-refractivity contribution in [2.24, 2.45) is 5.73 Å². The summed E-state index contributed by atoms with van der Waals surface area (Å²) in [5, 5.41) is 2.71. The summed E-state index contributed by atoms with van der Waals surface area (Å²) in [7, 11) is 0. The van der Waals surface area contributed by atoms with Gasteiger partial charge in [-0.2, -0.15) is 0 Å². The molecule has 0 saturated heterocycles. The molecule has 0 unspecified atom stereocenters. The lowest BCUT2D eigenvalue weighted by Gasteiger charge is -2.10. The molecule has 3 N–H and O–H groups in total. The third-order valence-electron chi connectivity index (χ3n) is 2.90. The Bertz CT molecular complexity index is 611. The van der Waals surface area contributed by atoms with E-state index in [1.165, 1.54) is 12.1 Å². The van der Waals surface area contributed by atoms with Crippen LogP contribution in [0.1, 0.15) is 21.5 Å². The van der Waals surface area contributed by atoms with Gasteiger partial charge in [0.25, 0.3) is 5.91 Å². The van der Waals surface area contributed by atoms with E-state index in [0.717, 1.165) is 11.1 Å². The van der Waals surface area contributed by atoms with E-state index in [9.17, 15) is 9.18 Å². The zero-order valence-corrected chi connectivity index (χ0v) is 10.6. The molecule has 0 aliphatic heterocycles. The van der Waals surface area contributed by atoms with Crippen molar-refractivity contribution in [3.05, 3.63) is 65.0 Å². The highest BCUT2D eigenvalue weighted by Gasteiger charge is 2.12. The van der Waals surface area contributed by atoms with Gasteiger partial charge in [0, 0.05) is 12.2 Å². The summed E-state index contributed by atoms with van der Waals surface area (Å²) < 4.78 is 13.5. The average molecular weight is 258 g/mol. The number of halogens is 1. The third kappa shape index (κ3) is 2.98. The smallest absolute Gasteiger partial charge is 0.258 e. The van der Waals surface area contributed by atoms with Crippen molar-refractivity contribution in [3.8, 4) is 0 Å². The van der Waals surface area contributed by atoms with Crippen LogP contribution in [0.2, 0.25) is 0 Å². The van der Waals surface area contributed by atoms with Crippen LogP contribution in [0, 0.1) is 12.7 Å². The van der Waals surface area contributed by atoms with Crippen molar-refractivity contribution in [3.63, 3.8) is 0 Å². The molecule has 0 heterocycles. The molecule has 0 aliphatic rings. The first-order chi connectivity index (χ1) is 9.11. The van der Waals surface area contributed by atoms with Crippen molar-refractivity contribution in [1.82, 2.24) is 0 Å². The summed E-state index contributed by atoms with van der Waals surface area (Å²) >= 11 is 0. The highest BCUT2D eigenvalue weighted by atomic mass is 19.1. The van der Waals surface area contributed by atoms with E-state index in [4.69, 9.17) is 5.73 Å². The number of benzene rings is 2. The number of nitrogens with one attached hydrogen (secondary N) is 1. The van der Waals surface area contributed by atoms with Gasteiger partial charge in [0.1, 0.15) is 5.82 Å². The molecule has 2 aromatic carbocycles. The van der Waals surface area contributed by atoms with Crippen LogP contribution in [0.25, 0.3) is 0 Å². The first-order valence-electron chi connectivity index (χ1n) is 5.97. The van der Waals surface area contributed by atoms with Crippen molar-refractivity contribution >= 4 is 11.6 Å². The molecule has 4 heteroatoms. The SMILES string of the molecule is Cc1ccc(CN)cc1NC(=O)c1ccccc1F. The Kier molecular flexibility index (Phi) is 3.92. The van der Waals surface area contributed by atoms with Gasteiger partial charge >= 0.3 is 0 Å². The van der Waals surface area contributed by atoms with Gasteiger partial charge < -0.3 is 11.1 Å². The van der Waals surface area contributed by atoms with Gasteiger partial charge in [-0.15, -0.1) is 0 Å². The fourth-order valence-corrected chi connectivity index (χ4v) is 1.77. The Balaban J connectivity index is 2.26. The normalized spacial score (nSPS) is 10.3. The Hall–Kier alpha value is -2.20. The zero-order chi connectivity index (χ0) is 13.8. The first-order valence-corrected chi connectivity index (χ1v) is 5.97. The Morgan fingerprint density at radius 2 is 2.00 bits per heavy atom. The van der Waals surface area contributed by atoms with E-state index in [0.29, 0.717) is 12.2 Å². The van der Waals surface area contributed by atoms with Gasteiger partial charge in [0.05, 0.1) is 5.56 Å².